The van der Waals surface area contributed by atoms with Gasteiger partial charge in [0.2, 0.25) is 0 Å². The summed E-state index contributed by atoms with van der Waals surface area (Å²) in [6.45, 7) is 9.72. The third kappa shape index (κ3) is 1.20. The molecule has 1 spiro atoms. The average Bonchev–Trinajstić information content (AvgIpc) is 2.89. The summed E-state index contributed by atoms with van der Waals surface area (Å²) in [5.41, 5.74) is 0.879. The van der Waals surface area contributed by atoms with Crippen molar-refractivity contribution >= 4 is 0 Å². The van der Waals surface area contributed by atoms with E-state index in [1.54, 1.807) is 0 Å². The summed E-state index contributed by atoms with van der Waals surface area (Å²) in [6, 6.07) is 0. The van der Waals surface area contributed by atoms with Gasteiger partial charge in [-0.05, 0) is 60.7 Å². The maximum atomic E-state index is 6.12. The first kappa shape index (κ1) is 12.0. The lowest BCUT2D eigenvalue weighted by Crippen LogP contribution is -2.46. The van der Waals surface area contributed by atoms with Gasteiger partial charge in [0.05, 0.1) is 5.60 Å². The molecule has 6 atom stereocenters. The highest BCUT2D eigenvalue weighted by Crippen LogP contribution is 2.80. The van der Waals surface area contributed by atoms with Crippen molar-refractivity contribution in [3.8, 4) is 0 Å². The van der Waals surface area contributed by atoms with Crippen molar-refractivity contribution in [3.63, 3.8) is 0 Å². The Morgan fingerprint density at radius 3 is 2.41 bits per heavy atom. The monoisotopic (exact) mass is 236 g/mol. The van der Waals surface area contributed by atoms with Gasteiger partial charge >= 0.3 is 0 Å². The molecule has 0 radical (unpaired) electrons. The van der Waals surface area contributed by atoms with Gasteiger partial charge in [-0.25, -0.2) is 0 Å². The summed E-state index contributed by atoms with van der Waals surface area (Å²) >= 11 is 0. The van der Waals surface area contributed by atoms with E-state index in [0.717, 1.165) is 23.7 Å². The van der Waals surface area contributed by atoms with Crippen LogP contribution in [0.4, 0.5) is 0 Å². The van der Waals surface area contributed by atoms with Crippen molar-refractivity contribution < 1.29 is 4.74 Å². The van der Waals surface area contributed by atoms with Gasteiger partial charge in [-0.3, -0.25) is 0 Å². The van der Waals surface area contributed by atoms with Crippen LogP contribution in [0.25, 0.3) is 0 Å². The Kier molecular flexibility index (Phi) is 2.47. The quantitative estimate of drug-likeness (QED) is 0.701. The molecule has 3 saturated carbocycles. The van der Waals surface area contributed by atoms with E-state index in [4.69, 9.17) is 4.74 Å². The zero-order valence-electron chi connectivity index (χ0n) is 12.1. The van der Waals surface area contributed by atoms with Crippen LogP contribution in [0.1, 0.15) is 53.4 Å². The van der Waals surface area contributed by atoms with Gasteiger partial charge in [-0.15, -0.1) is 0 Å². The molecule has 17 heavy (non-hydrogen) atoms. The maximum Gasteiger partial charge on any atom is 0.0738 e. The van der Waals surface area contributed by atoms with E-state index < -0.39 is 0 Å². The lowest BCUT2D eigenvalue weighted by Gasteiger charge is -2.45. The Labute approximate surface area is 106 Å². The standard InChI is InChI=1S/C16H28O/c1-10(2)16(17-5)9-7-12(4)15-8-6-11(3)13(15)14(15)16/h10-14H,6-9H2,1-5H3/t11-,12-,13-,14-,15?,16+/m1/s1. The average molecular weight is 236 g/mol. The summed E-state index contributed by atoms with van der Waals surface area (Å²) in [6.07, 6.45) is 5.61. The van der Waals surface area contributed by atoms with E-state index in [-0.39, 0.29) is 5.60 Å². The minimum atomic E-state index is 0.200. The second-order valence-corrected chi connectivity index (χ2v) is 7.39. The molecule has 3 aliphatic carbocycles. The molecule has 3 aliphatic rings. The summed E-state index contributed by atoms with van der Waals surface area (Å²) < 4.78 is 6.12. The van der Waals surface area contributed by atoms with E-state index in [2.05, 4.69) is 27.7 Å². The molecule has 0 aliphatic heterocycles. The topological polar surface area (TPSA) is 9.23 Å². The Balaban J connectivity index is 1.98. The molecule has 98 valence electrons. The predicted octanol–water partition coefficient (Wildman–Crippen LogP) is 4.12. The fourth-order valence-corrected chi connectivity index (χ4v) is 5.95. The second kappa shape index (κ2) is 3.50. The maximum absolute atomic E-state index is 6.12. The fourth-order valence-electron chi connectivity index (χ4n) is 5.95. The van der Waals surface area contributed by atoms with E-state index in [1.807, 2.05) is 7.11 Å². The molecule has 1 nitrogen and oxygen atoms in total. The first-order valence-corrected chi connectivity index (χ1v) is 7.56. The Bertz CT molecular complexity index is 323. The molecule has 0 N–H and O–H groups in total. The number of ether oxygens (including phenoxy) is 1. The minimum Gasteiger partial charge on any atom is -0.378 e. The van der Waals surface area contributed by atoms with Gasteiger partial charge in [0.1, 0.15) is 0 Å². The lowest BCUT2D eigenvalue weighted by molar-refractivity contribution is -0.110. The van der Waals surface area contributed by atoms with E-state index in [1.165, 1.54) is 25.7 Å². The molecular weight excluding hydrogens is 208 g/mol. The molecule has 0 heterocycles. The highest BCUT2D eigenvalue weighted by atomic mass is 16.5. The van der Waals surface area contributed by atoms with Crippen molar-refractivity contribution in [1.29, 1.82) is 0 Å². The van der Waals surface area contributed by atoms with E-state index in [0.29, 0.717) is 11.3 Å². The van der Waals surface area contributed by atoms with Crippen molar-refractivity contribution in [3.05, 3.63) is 0 Å². The molecule has 0 aromatic rings. The third-order valence-electron chi connectivity index (χ3n) is 6.86. The predicted molar refractivity (Wildman–Crippen MR) is 70.8 cm³/mol. The van der Waals surface area contributed by atoms with Crippen molar-refractivity contribution in [2.24, 2.45) is 35.0 Å². The molecule has 0 bridgehead atoms. The van der Waals surface area contributed by atoms with Crippen LogP contribution in [0.2, 0.25) is 0 Å². The number of rotatable bonds is 2. The minimum absolute atomic E-state index is 0.200. The summed E-state index contributed by atoms with van der Waals surface area (Å²) in [4.78, 5) is 0. The number of hydrogen-bond donors (Lipinski definition) is 0. The van der Waals surface area contributed by atoms with Crippen LogP contribution in [0.15, 0.2) is 0 Å². The lowest BCUT2D eigenvalue weighted by atomic mass is 9.67. The van der Waals surface area contributed by atoms with Crippen molar-refractivity contribution in [2.75, 3.05) is 7.11 Å². The highest BCUT2D eigenvalue weighted by Gasteiger charge is 2.78. The van der Waals surface area contributed by atoms with Crippen molar-refractivity contribution in [1.82, 2.24) is 0 Å². The van der Waals surface area contributed by atoms with Gasteiger partial charge in [-0.2, -0.15) is 0 Å². The normalized spacial score (nSPS) is 56.8. The number of hydrogen-bond acceptors (Lipinski definition) is 1. The van der Waals surface area contributed by atoms with Crippen LogP contribution in [0.5, 0.6) is 0 Å². The van der Waals surface area contributed by atoms with Gasteiger partial charge in [0.15, 0.2) is 0 Å². The zero-order chi connectivity index (χ0) is 12.4. The van der Waals surface area contributed by atoms with Crippen LogP contribution < -0.4 is 0 Å². The smallest absolute Gasteiger partial charge is 0.0738 e. The van der Waals surface area contributed by atoms with Crippen LogP contribution in [0, 0.1) is 35.0 Å². The molecular formula is C16H28O. The summed E-state index contributed by atoms with van der Waals surface area (Å²) in [5, 5.41) is 0. The van der Waals surface area contributed by atoms with E-state index >= 15 is 0 Å². The molecule has 3 fully saturated rings. The van der Waals surface area contributed by atoms with Gasteiger partial charge in [0.25, 0.3) is 0 Å². The van der Waals surface area contributed by atoms with Crippen LogP contribution in [-0.4, -0.2) is 12.7 Å². The van der Waals surface area contributed by atoms with Gasteiger partial charge in [0, 0.05) is 7.11 Å². The molecule has 1 heteroatoms. The molecule has 0 aromatic heterocycles. The van der Waals surface area contributed by atoms with Crippen molar-refractivity contribution in [2.45, 2.75) is 59.0 Å². The molecule has 3 rings (SSSR count). The van der Waals surface area contributed by atoms with Crippen LogP contribution in [-0.2, 0) is 4.74 Å². The highest BCUT2D eigenvalue weighted by molar-refractivity contribution is 5.26. The summed E-state index contributed by atoms with van der Waals surface area (Å²) in [7, 11) is 1.96. The first-order chi connectivity index (χ1) is 8.00. The van der Waals surface area contributed by atoms with Crippen LogP contribution >= 0.6 is 0 Å². The van der Waals surface area contributed by atoms with Crippen LogP contribution in [0.3, 0.4) is 0 Å². The van der Waals surface area contributed by atoms with Gasteiger partial charge in [-0.1, -0.05) is 27.7 Å². The molecule has 1 unspecified atom stereocenters. The Morgan fingerprint density at radius 2 is 1.82 bits per heavy atom. The largest absolute Gasteiger partial charge is 0.378 e. The molecule has 0 aromatic carbocycles. The SMILES string of the molecule is CO[C@]1(C(C)C)CC[C@@H](C)C23CC[C@@H](C)[C@@H]2[C@H]31. The van der Waals surface area contributed by atoms with E-state index in [9.17, 15) is 0 Å². The number of methoxy groups -OCH3 is 1. The molecule has 0 amide bonds. The summed E-state index contributed by atoms with van der Waals surface area (Å²) in [5.74, 6) is 4.38. The Morgan fingerprint density at radius 1 is 1.12 bits per heavy atom. The third-order valence-corrected chi connectivity index (χ3v) is 6.86. The first-order valence-electron chi connectivity index (χ1n) is 7.56. The second-order valence-electron chi connectivity index (χ2n) is 7.39. The zero-order valence-corrected chi connectivity index (χ0v) is 12.1. The fraction of sp³-hybridized carbons (Fsp3) is 1.00. The number of fused-ring (bicyclic) bond motifs is 1. The van der Waals surface area contributed by atoms with Gasteiger partial charge < -0.3 is 4.74 Å². The molecule has 0 saturated heterocycles. The Hall–Kier alpha value is -0.0400.